The fraction of sp³-hybridized carbons (Fsp3) is 0.486. The number of anilines is 2. The average molecular weight is 589 g/mol. The number of likely N-dealkylation sites (N-methyl/N-ethyl adjacent to an activating group) is 1. The Morgan fingerprint density at radius 2 is 1.42 bits per heavy atom. The van der Waals surface area contributed by atoms with Gasteiger partial charge in [-0.2, -0.15) is 0 Å². The van der Waals surface area contributed by atoms with Gasteiger partial charge in [-0.25, -0.2) is 0 Å². The van der Waals surface area contributed by atoms with Crippen LogP contribution in [0.3, 0.4) is 0 Å². The molecule has 0 bridgehead atoms. The molecule has 2 aliphatic rings. The maximum atomic E-state index is 5.90. The average Bonchev–Trinajstić information content (AvgIpc) is 3.06. The van der Waals surface area contributed by atoms with Gasteiger partial charge in [0, 0.05) is 70.3 Å². The van der Waals surface area contributed by atoms with Gasteiger partial charge in [-0.15, -0.1) is 0 Å². The Kier molecular flexibility index (Phi) is 12.1. The van der Waals surface area contributed by atoms with Gasteiger partial charge in [0.15, 0.2) is 0 Å². The Labute approximate surface area is 257 Å². The predicted molar refractivity (Wildman–Crippen MR) is 173 cm³/mol. The van der Waals surface area contributed by atoms with Crippen LogP contribution in [0.4, 0.5) is 11.4 Å². The number of methoxy groups -OCH3 is 1. The summed E-state index contributed by atoms with van der Waals surface area (Å²) in [5, 5.41) is 0. The molecular weight excluding hydrogens is 540 g/mol. The zero-order valence-corrected chi connectivity index (χ0v) is 26.0. The Bertz CT molecular complexity index is 1210. The number of rotatable bonds is 15. The van der Waals surface area contributed by atoms with Gasteiger partial charge in [0.2, 0.25) is 0 Å². The Hall–Kier alpha value is -3.14. The summed E-state index contributed by atoms with van der Waals surface area (Å²) in [4.78, 5) is 9.68. The van der Waals surface area contributed by atoms with Crippen LogP contribution in [0.5, 0.6) is 5.75 Å². The molecule has 2 aliphatic heterocycles. The van der Waals surface area contributed by atoms with Gasteiger partial charge < -0.3 is 33.6 Å². The first-order valence-electron chi connectivity index (χ1n) is 15.6. The summed E-state index contributed by atoms with van der Waals surface area (Å²) in [5.74, 6) is 0.881. The number of hydrogen-bond donors (Lipinski definition) is 0. The van der Waals surface area contributed by atoms with Crippen molar-refractivity contribution in [1.29, 1.82) is 0 Å². The summed E-state index contributed by atoms with van der Waals surface area (Å²) in [6.45, 7) is 13.1. The maximum Gasteiger partial charge on any atom is 0.119 e. The van der Waals surface area contributed by atoms with Crippen LogP contribution in [-0.2, 0) is 33.9 Å². The second-order valence-electron chi connectivity index (χ2n) is 11.4. The van der Waals surface area contributed by atoms with E-state index in [4.69, 9.17) is 18.9 Å². The van der Waals surface area contributed by atoms with Gasteiger partial charge in [-0.3, -0.25) is 4.90 Å². The van der Waals surface area contributed by atoms with Crippen LogP contribution in [0, 0.1) is 0 Å². The largest absolute Gasteiger partial charge is 0.497 e. The molecule has 3 aromatic rings. The monoisotopic (exact) mass is 588 g/mol. The summed E-state index contributed by atoms with van der Waals surface area (Å²) in [6.07, 6.45) is 0. The summed E-state index contributed by atoms with van der Waals surface area (Å²) < 4.78 is 22.6. The van der Waals surface area contributed by atoms with E-state index in [0.717, 1.165) is 90.0 Å². The highest BCUT2D eigenvalue weighted by Gasteiger charge is 2.15. The third kappa shape index (κ3) is 9.95. The molecule has 0 aliphatic carbocycles. The standard InChI is InChI=1S/C35H48N4O4/c1-36-14-16-38(17-15-36)33-10-6-30(7-11-33)27-39(28-32-4-3-5-35(26-32)40-2)34-12-8-31(9-13-34)29-43-25-24-42-23-20-37-18-21-41-22-19-37/h3-13,26H,14-25,27-29H2,1-2H3. The van der Waals surface area contributed by atoms with E-state index in [0.29, 0.717) is 19.8 Å². The molecule has 0 spiro atoms. The maximum absolute atomic E-state index is 5.90. The predicted octanol–water partition coefficient (Wildman–Crippen LogP) is 4.52. The minimum Gasteiger partial charge on any atom is -0.497 e. The summed E-state index contributed by atoms with van der Waals surface area (Å²) in [5.41, 5.74) is 6.16. The molecule has 0 saturated carbocycles. The lowest BCUT2D eigenvalue weighted by molar-refractivity contribution is 0.00585. The summed E-state index contributed by atoms with van der Waals surface area (Å²) in [6, 6.07) is 26.2. The fourth-order valence-corrected chi connectivity index (χ4v) is 5.56. The first-order chi connectivity index (χ1) is 21.2. The number of piperazine rings is 1. The highest BCUT2D eigenvalue weighted by Crippen LogP contribution is 2.24. The number of morpholine rings is 1. The lowest BCUT2D eigenvalue weighted by atomic mass is 10.1. The van der Waals surface area contributed by atoms with Crippen molar-refractivity contribution in [3.63, 3.8) is 0 Å². The highest BCUT2D eigenvalue weighted by atomic mass is 16.5. The van der Waals surface area contributed by atoms with E-state index in [1.807, 2.05) is 6.07 Å². The zero-order valence-electron chi connectivity index (χ0n) is 26.0. The molecule has 3 aromatic carbocycles. The molecule has 0 N–H and O–H groups in total. The van der Waals surface area contributed by atoms with Crippen LogP contribution >= 0.6 is 0 Å². The van der Waals surface area contributed by atoms with Crippen LogP contribution in [0.1, 0.15) is 16.7 Å². The quantitative estimate of drug-likeness (QED) is 0.240. The molecule has 0 amide bonds. The van der Waals surface area contributed by atoms with Crippen molar-refractivity contribution in [3.8, 4) is 5.75 Å². The molecule has 232 valence electrons. The van der Waals surface area contributed by atoms with E-state index in [2.05, 4.69) is 93.4 Å². The molecule has 0 radical (unpaired) electrons. The smallest absolute Gasteiger partial charge is 0.119 e. The van der Waals surface area contributed by atoms with E-state index < -0.39 is 0 Å². The van der Waals surface area contributed by atoms with Crippen LogP contribution in [0.25, 0.3) is 0 Å². The minimum absolute atomic E-state index is 0.580. The Morgan fingerprint density at radius 3 is 2.16 bits per heavy atom. The Balaban J connectivity index is 1.15. The molecule has 8 nitrogen and oxygen atoms in total. The molecule has 43 heavy (non-hydrogen) atoms. The van der Waals surface area contributed by atoms with E-state index in [9.17, 15) is 0 Å². The molecule has 0 aromatic heterocycles. The first kappa shape index (κ1) is 31.3. The van der Waals surface area contributed by atoms with Crippen molar-refractivity contribution < 1.29 is 18.9 Å². The lowest BCUT2D eigenvalue weighted by Crippen LogP contribution is -2.44. The molecule has 2 fully saturated rings. The molecule has 8 heteroatoms. The van der Waals surface area contributed by atoms with E-state index in [1.54, 1.807) is 7.11 Å². The van der Waals surface area contributed by atoms with Crippen LogP contribution < -0.4 is 14.5 Å². The van der Waals surface area contributed by atoms with E-state index in [1.165, 1.54) is 22.5 Å². The second-order valence-corrected chi connectivity index (χ2v) is 11.4. The van der Waals surface area contributed by atoms with Crippen molar-refractivity contribution in [1.82, 2.24) is 9.80 Å². The van der Waals surface area contributed by atoms with Gasteiger partial charge in [0.05, 0.1) is 46.8 Å². The fourth-order valence-electron chi connectivity index (χ4n) is 5.56. The molecule has 2 heterocycles. The number of benzene rings is 3. The van der Waals surface area contributed by atoms with Crippen LogP contribution in [0.2, 0.25) is 0 Å². The molecule has 5 rings (SSSR count). The normalized spacial score (nSPS) is 16.4. The number of ether oxygens (including phenoxy) is 4. The first-order valence-corrected chi connectivity index (χ1v) is 15.6. The Morgan fingerprint density at radius 1 is 0.721 bits per heavy atom. The van der Waals surface area contributed by atoms with Gasteiger partial charge >= 0.3 is 0 Å². The van der Waals surface area contributed by atoms with E-state index >= 15 is 0 Å². The summed E-state index contributed by atoms with van der Waals surface area (Å²) in [7, 11) is 3.92. The SMILES string of the molecule is COc1cccc(CN(Cc2ccc(N3CCN(C)CC3)cc2)c2ccc(COCCOCCN3CCOCC3)cc2)c1. The molecular formula is C35H48N4O4. The van der Waals surface area contributed by atoms with Gasteiger partial charge in [-0.05, 0) is 60.1 Å². The summed E-state index contributed by atoms with van der Waals surface area (Å²) >= 11 is 0. The van der Waals surface area contributed by atoms with Crippen molar-refractivity contribution in [2.75, 3.05) is 103 Å². The third-order valence-electron chi connectivity index (χ3n) is 8.28. The lowest BCUT2D eigenvalue weighted by Gasteiger charge is -2.34. The zero-order chi connectivity index (χ0) is 29.7. The number of nitrogens with zero attached hydrogens (tertiary/aromatic N) is 4. The van der Waals surface area contributed by atoms with Crippen molar-refractivity contribution in [2.24, 2.45) is 0 Å². The van der Waals surface area contributed by atoms with Crippen LogP contribution in [-0.4, -0.2) is 103 Å². The molecule has 2 saturated heterocycles. The van der Waals surface area contributed by atoms with Gasteiger partial charge in [-0.1, -0.05) is 36.4 Å². The third-order valence-corrected chi connectivity index (χ3v) is 8.28. The van der Waals surface area contributed by atoms with Crippen molar-refractivity contribution >= 4 is 11.4 Å². The van der Waals surface area contributed by atoms with Crippen molar-refractivity contribution in [3.05, 3.63) is 89.5 Å². The topological polar surface area (TPSA) is 49.9 Å². The van der Waals surface area contributed by atoms with E-state index in [-0.39, 0.29) is 0 Å². The highest BCUT2D eigenvalue weighted by molar-refractivity contribution is 5.51. The minimum atomic E-state index is 0.580. The molecule has 0 atom stereocenters. The van der Waals surface area contributed by atoms with Gasteiger partial charge in [0.25, 0.3) is 0 Å². The van der Waals surface area contributed by atoms with Gasteiger partial charge in [0.1, 0.15) is 5.75 Å². The van der Waals surface area contributed by atoms with Crippen molar-refractivity contribution in [2.45, 2.75) is 19.7 Å². The van der Waals surface area contributed by atoms with Crippen LogP contribution in [0.15, 0.2) is 72.8 Å². The number of hydrogen-bond acceptors (Lipinski definition) is 8. The molecule has 0 unspecified atom stereocenters. The second kappa shape index (κ2) is 16.6.